The molecule has 9 heteroatoms. The third-order valence-corrected chi connectivity index (χ3v) is 5.13. The van der Waals surface area contributed by atoms with E-state index in [1.807, 2.05) is 16.5 Å². The smallest absolute Gasteiger partial charge is 0.278 e. The number of hydrogen-bond acceptors (Lipinski definition) is 5. The van der Waals surface area contributed by atoms with E-state index in [1.165, 1.54) is 12.0 Å². The summed E-state index contributed by atoms with van der Waals surface area (Å²) in [5.74, 6) is -0.487. The number of hydrogen-bond donors (Lipinski definition) is 1. The second-order valence-electron chi connectivity index (χ2n) is 7.04. The molecule has 162 valence electrons. The molecule has 32 heavy (non-hydrogen) atoms. The number of ether oxygens (including phenoxy) is 1. The van der Waals surface area contributed by atoms with Gasteiger partial charge < -0.3 is 15.0 Å². The highest BCUT2D eigenvalue weighted by molar-refractivity contribution is 6.30. The number of fused-ring (bicyclic) bond motifs is 1. The normalized spacial score (nSPS) is 10.8. The molecule has 0 saturated carbocycles. The summed E-state index contributed by atoms with van der Waals surface area (Å²) in [6.45, 7) is -0.0106. The Morgan fingerprint density at radius 3 is 2.47 bits per heavy atom. The summed E-state index contributed by atoms with van der Waals surface area (Å²) >= 11 is 5.94. The van der Waals surface area contributed by atoms with Crippen LogP contribution in [0.25, 0.3) is 16.9 Å². The van der Waals surface area contributed by atoms with Crippen LogP contribution in [0.15, 0.2) is 67.1 Å². The lowest BCUT2D eigenvalue weighted by atomic mass is 10.1. The van der Waals surface area contributed by atoms with Gasteiger partial charge in [-0.15, -0.1) is 0 Å². The molecule has 4 rings (SSSR count). The molecule has 0 aliphatic rings. The number of carbonyl (C=O) groups excluding carboxylic acids is 2. The zero-order valence-corrected chi connectivity index (χ0v) is 18.2. The van der Waals surface area contributed by atoms with Crippen LogP contribution in [0.3, 0.4) is 0 Å². The Bertz CT molecular complexity index is 1270. The number of rotatable bonds is 6. The van der Waals surface area contributed by atoms with Crippen molar-refractivity contribution in [1.29, 1.82) is 0 Å². The molecule has 1 N–H and O–H groups in total. The average molecular weight is 450 g/mol. The van der Waals surface area contributed by atoms with Crippen LogP contribution in [-0.2, 0) is 9.53 Å². The Morgan fingerprint density at radius 2 is 1.78 bits per heavy atom. The van der Waals surface area contributed by atoms with Crippen LogP contribution < -0.4 is 10.2 Å². The van der Waals surface area contributed by atoms with Gasteiger partial charge in [-0.2, -0.15) is 0 Å². The van der Waals surface area contributed by atoms with E-state index in [4.69, 9.17) is 16.3 Å². The summed E-state index contributed by atoms with van der Waals surface area (Å²) in [4.78, 5) is 34.8. The van der Waals surface area contributed by atoms with E-state index in [2.05, 4.69) is 15.3 Å². The van der Waals surface area contributed by atoms with Gasteiger partial charge in [-0.1, -0.05) is 23.7 Å². The zero-order valence-electron chi connectivity index (χ0n) is 17.4. The summed E-state index contributed by atoms with van der Waals surface area (Å²) in [7, 11) is 3.15. The molecular weight excluding hydrogens is 430 g/mol. The van der Waals surface area contributed by atoms with Crippen LogP contribution in [0, 0.1) is 0 Å². The maximum atomic E-state index is 13.0. The van der Waals surface area contributed by atoms with E-state index in [9.17, 15) is 9.59 Å². The molecule has 8 nitrogen and oxygen atoms in total. The van der Waals surface area contributed by atoms with Gasteiger partial charge in [0.25, 0.3) is 5.91 Å². The molecule has 2 amide bonds. The van der Waals surface area contributed by atoms with E-state index >= 15 is 0 Å². The van der Waals surface area contributed by atoms with E-state index in [-0.39, 0.29) is 24.1 Å². The lowest BCUT2D eigenvalue weighted by Gasteiger charge is -2.17. The molecule has 2 aromatic carbocycles. The van der Waals surface area contributed by atoms with Crippen molar-refractivity contribution < 1.29 is 14.3 Å². The van der Waals surface area contributed by atoms with Gasteiger partial charge in [0, 0.05) is 42.3 Å². The maximum Gasteiger partial charge on any atom is 0.278 e. The molecule has 0 saturated heterocycles. The van der Waals surface area contributed by atoms with Crippen molar-refractivity contribution in [2.45, 2.75) is 0 Å². The molecule has 0 aliphatic heterocycles. The highest BCUT2D eigenvalue weighted by Gasteiger charge is 2.17. The molecule has 0 bridgehead atoms. The summed E-state index contributed by atoms with van der Waals surface area (Å²) in [6, 6.07) is 14.3. The minimum atomic E-state index is -0.259. The third kappa shape index (κ3) is 4.46. The summed E-state index contributed by atoms with van der Waals surface area (Å²) < 4.78 is 6.63. The minimum absolute atomic E-state index is 0.0106. The summed E-state index contributed by atoms with van der Waals surface area (Å²) in [6.07, 6.45) is 4.94. The topological polar surface area (TPSA) is 88.8 Å². The Labute approximate surface area is 189 Å². The summed E-state index contributed by atoms with van der Waals surface area (Å²) in [5.41, 5.74) is 3.92. The molecular formula is C23H20ClN5O3. The molecule has 0 atom stereocenters. The Morgan fingerprint density at radius 1 is 1.06 bits per heavy atom. The van der Waals surface area contributed by atoms with Gasteiger partial charge in [-0.05, 0) is 36.4 Å². The highest BCUT2D eigenvalue weighted by atomic mass is 35.5. The number of carbonyl (C=O) groups is 2. The van der Waals surface area contributed by atoms with E-state index in [1.54, 1.807) is 62.0 Å². The number of methoxy groups -OCH3 is 1. The number of benzene rings is 2. The SMILES string of the molecule is COCC(=O)Nc1ccc(-c2cnc3cnc(C(=O)N(C)c4ccc(Cl)cc4)cn23)cc1. The average Bonchev–Trinajstić information content (AvgIpc) is 3.22. The van der Waals surface area contributed by atoms with Crippen LogP contribution in [0.4, 0.5) is 11.4 Å². The van der Waals surface area contributed by atoms with Crippen LogP contribution >= 0.6 is 11.6 Å². The van der Waals surface area contributed by atoms with E-state index < -0.39 is 0 Å². The third-order valence-electron chi connectivity index (χ3n) is 4.87. The minimum Gasteiger partial charge on any atom is -0.375 e. The van der Waals surface area contributed by atoms with Gasteiger partial charge in [0.15, 0.2) is 5.65 Å². The van der Waals surface area contributed by atoms with Gasteiger partial charge in [0.05, 0.1) is 18.1 Å². The van der Waals surface area contributed by atoms with Crippen LogP contribution in [0.1, 0.15) is 10.5 Å². The van der Waals surface area contributed by atoms with Gasteiger partial charge in [-0.25, -0.2) is 9.97 Å². The van der Waals surface area contributed by atoms with Gasteiger partial charge in [0.2, 0.25) is 5.91 Å². The molecule has 2 heterocycles. The maximum absolute atomic E-state index is 13.0. The van der Waals surface area contributed by atoms with Crippen molar-refractivity contribution in [2.24, 2.45) is 0 Å². The van der Waals surface area contributed by atoms with Gasteiger partial charge >= 0.3 is 0 Å². The van der Waals surface area contributed by atoms with Crippen molar-refractivity contribution in [3.8, 4) is 11.3 Å². The Kier molecular flexibility index (Phi) is 6.16. The van der Waals surface area contributed by atoms with Crippen molar-refractivity contribution in [1.82, 2.24) is 14.4 Å². The van der Waals surface area contributed by atoms with Gasteiger partial charge in [0.1, 0.15) is 12.3 Å². The van der Waals surface area contributed by atoms with Crippen molar-refractivity contribution in [3.05, 3.63) is 77.8 Å². The lowest BCUT2D eigenvalue weighted by molar-refractivity contribution is -0.119. The first-order chi connectivity index (χ1) is 15.5. The quantitative estimate of drug-likeness (QED) is 0.482. The number of amides is 2. The van der Waals surface area contributed by atoms with E-state index in [0.29, 0.717) is 22.0 Å². The van der Waals surface area contributed by atoms with Crippen molar-refractivity contribution in [3.63, 3.8) is 0 Å². The molecule has 2 aromatic heterocycles. The van der Waals surface area contributed by atoms with Crippen LogP contribution in [0.5, 0.6) is 0 Å². The monoisotopic (exact) mass is 449 g/mol. The van der Waals surface area contributed by atoms with Crippen molar-refractivity contribution in [2.75, 3.05) is 31.0 Å². The fourth-order valence-corrected chi connectivity index (χ4v) is 3.35. The Balaban J connectivity index is 1.61. The molecule has 0 unspecified atom stereocenters. The number of anilines is 2. The molecule has 0 fully saturated rings. The van der Waals surface area contributed by atoms with Crippen molar-refractivity contribution >= 4 is 40.4 Å². The first-order valence-electron chi connectivity index (χ1n) is 9.72. The fourth-order valence-electron chi connectivity index (χ4n) is 3.22. The first kappa shape index (κ1) is 21.5. The van der Waals surface area contributed by atoms with E-state index in [0.717, 1.165) is 11.3 Å². The standard InChI is InChI=1S/C23H20ClN5O3/c1-28(18-9-5-16(24)6-10-18)23(31)19-13-29-20(11-26-21(29)12-25-19)15-3-7-17(8-4-15)27-22(30)14-32-2/h3-13H,14H2,1-2H3,(H,27,30). The molecule has 0 radical (unpaired) electrons. The number of nitrogens with zero attached hydrogens (tertiary/aromatic N) is 4. The second-order valence-corrected chi connectivity index (χ2v) is 7.48. The zero-order chi connectivity index (χ0) is 22.7. The predicted octanol–water partition coefficient (Wildman–Crippen LogP) is 3.91. The number of halogens is 1. The van der Waals surface area contributed by atoms with Gasteiger partial charge in [-0.3, -0.25) is 14.0 Å². The van der Waals surface area contributed by atoms with Crippen LogP contribution in [-0.4, -0.2) is 46.9 Å². The molecule has 4 aromatic rings. The lowest BCUT2D eigenvalue weighted by Crippen LogP contribution is -2.27. The number of aromatic nitrogens is 3. The number of nitrogens with one attached hydrogen (secondary N) is 1. The Hall–Kier alpha value is -3.75. The predicted molar refractivity (Wildman–Crippen MR) is 123 cm³/mol. The summed E-state index contributed by atoms with van der Waals surface area (Å²) in [5, 5.41) is 3.35. The van der Waals surface area contributed by atoms with Crippen LogP contribution in [0.2, 0.25) is 5.02 Å². The number of imidazole rings is 1. The highest BCUT2D eigenvalue weighted by Crippen LogP contribution is 2.24. The molecule has 0 aliphatic carbocycles. The fraction of sp³-hybridized carbons (Fsp3) is 0.130. The molecule has 0 spiro atoms. The largest absolute Gasteiger partial charge is 0.375 e. The first-order valence-corrected chi connectivity index (χ1v) is 10.1. The second kappa shape index (κ2) is 9.17.